The van der Waals surface area contributed by atoms with Gasteiger partial charge in [-0.3, -0.25) is 19.8 Å². The highest BCUT2D eigenvalue weighted by atomic mass is 16.4. The van der Waals surface area contributed by atoms with Crippen molar-refractivity contribution in [1.82, 2.24) is 20.9 Å². The van der Waals surface area contributed by atoms with Gasteiger partial charge >= 0.3 is 5.97 Å². The minimum atomic E-state index is -1.20. The first-order chi connectivity index (χ1) is 13.7. The van der Waals surface area contributed by atoms with E-state index in [1.54, 1.807) is 0 Å². The average molecular weight is 414 g/mol. The minimum Gasteiger partial charge on any atom is -0.480 e. The van der Waals surface area contributed by atoms with Crippen LogP contribution in [0.25, 0.3) is 0 Å². The number of hydrogen-bond donors (Lipinski definition) is 8. The summed E-state index contributed by atoms with van der Waals surface area (Å²) < 4.78 is 0. The van der Waals surface area contributed by atoms with Crippen molar-refractivity contribution in [3.63, 3.8) is 0 Å². The van der Waals surface area contributed by atoms with Gasteiger partial charge in [0.2, 0.25) is 17.7 Å². The number of nitrogens with zero attached hydrogens (tertiary/aromatic N) is 1. The molecule has 0 bridgehead atoms. The van der Waals surface area contributed by atoms with Crippen molar-refractivity contribution in [2.45, 2.75) is 43.8 Å². The lowest BCUT2D eigenvalue weighted by Crippen LogP contribution is -2.57. The number of nitrogens with one attached hydrogen (secondary N) is 4. The number of hydrogen-bond acceptors (Lipinski definition) is 7. The molecule has 0 aromatic heterocycles. The minimum absolute atomic E-state index is 0.125. The Morgan fingerprint density at radius 3 is 2.41 bits per heavy atom. The predicted molar refractivity (Wildman–Crippen MR) is 103 cm³/mol. The molecule has 1 rings (SSSR count). The van der Waals surface area contributed by atoms with Crippen LogP contribution in [0.4, 0.5) is 0 Å². The summed E-state index contributed by atoms with van der Waals surface area (Å²) in [6.45, 7) is 0.136. The van der Waals surface area contributed by atoms with Crippen LogP contribution in [0, 0.1) is 5.41 Å². The van der Waals surface area contributed by atoms with Gasteiger partial charge in [-0.05, 0) is 25.7 Å². The van der Waals surface area contributed by atoms with Gasteiger partial charge in [0.25, 0.3) is 0 Å². The highest BCUT2D eigenvalue weighted by Gasteiger charge is 2.38. The Bertz CT molecular complexity index is 628. The molecule has 0 aliphatic carbocycles. The van der Waals surface area contributed by atoms with Crippen LogP contribution in [0.2, 0.25) is 0 Å². The number of aliphatic carboxylic acids is 1. The third-order valence-electron chi connectivity index (χ3n) is 4.49. The highest BCUT2D eigenvalue weighted by Crippen LogP contribution is 2.19. The average Bonchev–Trinajstić information content (AvgIpc) is 3.17. The first kappa shape index (κ1) is 24.1. The quantitative estimate of drug-likeness (QED) is 0.0940. The Balaban J connectivity index is 2.72. The summed E-state index contributed by atoms with van der Waals surface area (Å²) in [7, 11) is 0. The molecule has 1 saturated heterocycles. The molecular weight excluding hydrogens is 384 g/mol. The van der Waals surface area contributed by atoms with Crippen LogP contribution in [0.5, 0.6) is 0 Å². The Hall–Kier alpha value is -2.93. The molecule has 29 heavy (non-hydrogen) atoms. The summed E-state index contributed by atoms with van der Waals surface area (Å²) in [6, 6.07) is -2.99. The summed E-state index contributed by atoms with van der Waals surface area (Å²) in [5.41, 5.74) is 16.0. The zero-order valence-electron chi connectivity index (χ0n) is 16.1. The van der Waals surface area contributed by atoms with Crippen molar-refractivity contribution < 1.29 is 24.3 Å². The van der Waals surface area contributed by atoms with Crippen molar-refractivity contribution in [3.8, 4) is 0 Å². The van der Waals surface area contributed by atoms with Gasteiger partial charge in [-0.15, -0.1) is 0 Å². The normalized spacial score (nSPS) is 17.9. The van der Waals surface area contributed by atoms with Gasteiger partial charge in [0.1, 0.15) is 18.1 Å². The van der Waals surface area contributed by atoms with E-state index in [1.165, 1.54) is 4.90 Å². The van der Waals surface area contributed by atoms with E-state index < -0.39 is 41.8 Å². The number of carbonyl (C=O) groups is 4. The molecule has 1 aliphatic heterocycles. The summed E-state index contributed by atoms with van der Waals surface area (Å²) in [5.74, 6) is -3.06. The summed E-state index contributed by atoms with van der Waals surface area (Å²) in [4.78, 5) is 49.5. The largest absolute Gasteiger partial charge is 0.480 e. The number of nitrogens with two attached hydrogens (primary N) is 3. The lowest BCUT2D eigenvalue weighted by atomic mass is 10.1. The van der Waals surface area contributed by atoms with Crippen LogP contribution < -0.4 is 33.2 Å². The van der Waals surface area contributed by atoms with Gasteiger partial charge in [-0.2, -0.15) is 0 Å². The van der Waals surface area contributed by atoms with Gasteiger partial charge in [-0.1, -0.05) is 0 Å². The molecule has 11 N–H and O–H groups in total. The Labute approximate surface area is 168 Å². The van der Waals surface area contributed by atoms with Crippen LogP contribution in [0.1, 0.15) is 25.7 Å². The van der Waals surface area contributed by atoms with Crippen molar-refractivity contribution in [2.24, 2.45) is 17.2 Å². The third kappa shape index (κ3) is 7.54. The van der Waals surface area contributed by atoms with Gasteiger partial charge in [0, 0.05) is 19.6 Å². The summed E-state index contributed by atoms with van der Waals surface area (Å²) in [6.07, 6.45) is 1.43. The third-order valence-corrected chi connectivity index (χ3v) is 4.49. The second-order valence-corrected chi connectivity index (χ2v) is 6.63. The van der Waals surface area contributed by atoms with Gasteiger partial charge in [-0.25, -0.2) is 4.79 Å². The summed E-state index contributed by atoms with van der Waals surface area (Å²) >= 11 is 0. The molecule has 3 atom stereocenters. The van der Waals surface area contributed by atoms with Crippen LogP contribution in [-0.4, -0.2) is 84.0 Å². The molecule has 0 spiro atoms. The van der Waals surface area contributed by atoms with E-state index >= 15 is 0 Å². The maximum atomic E-state index is 12.7. The van der Waals surface area contributed by atoms with Gasteiger partial charge in [0.15, 0.2) is 5.96 Å². The number of carboxylic acids is 1. The Kier molecular flexibility index (Phi) is 9.82. The lowest BCUT2D eigenvalue weighted by Gasteiger charge is -2.29. The standard InChI is InChI=1S/C16H30N8O5/c17-7-10(22-12(25)8-18)14(27)24-6-2-4-11(24)13(26)23-9(15(28)29)3-1-5-21-16(19)20/h9-11H,1-8,17-18H2,(H,22,25)(H,23,26)(H,28,29)(H4,19,20,21)/t9-,10-,11-/m0/s1. The molecule has 1 heterocycles. The number of amides is 3. The van der Waals surface area contributed by atoms with E-state index in [9.17, 15) is 24.3 Å². The molecule has 13 nitrogen and oxygen atoms in total. The molecule has 0 saturated carbocycles. The van der Waals surface area contributed by atoms with Crippen LogP contribution in [-0.2, 0) is 19.2 Å². The van der Waals surface area contributed by atoms with Crippen molar-refractivity contribution >= 4 is 29.7 Å². The molecular formula is C16H30N8O5. The fourth-order valence-corrected chi connectivity index (χ4v) is 3.03. The molecule has 1 fully saturated rings. The number of guanidine groups is 1. The predicted octanol–water partition coefficient (Wildman–Crippen LogP) is -3.79. The van der Waals surface area contributed by atoms with E-state index in [0.29, 0.717) is 32.4 Å². The second-order valence-electron chi connectivity index (χ2n) is 6.63. The molecule has 164 valence electrons. The molecule has 0 unspecified atom stereocenters. The molecule has 0 aromatic rings. The van der Waals surface area contributed by atoms with E-state index in [4.69, 9.17) is 22.6 Å². The fraction of sp³-hybridized carbons (Fsp3) is 0.688. The monoisotopic (exact) mass is 414 g/mol. The van der Waals surface area contributed by atoms with E-state index in [1.807, 2.05) is 0 Å². The Morgan fingerprint density at radius 2 is 1.86 bits per heavy atom. The molecule has 13 heteroatoms. The summed E-state index contributed by atoms with van der Waals surface area (Å²) in [5, 5.41) is 23.8. The Morgan fingerprint density at radius 1 is 1.17 bits per heavy atom. The highest BCUT2D eigenvalue weighted by molar-refractivity contribution is 5.94. The van der Waals surface area contributed by atoms with Crippen LogP contribution in [0.3, 0.4) is 0 Å². The van der Waals surface area contributed by atoms with Crippen molar-refractivity contribution in [3.05, 3.63) is 0 Å². The van der Waals surface area contributed by atoms with Crippen LogP contribution in [0.15, 0.2) is 0 Å². The zero-order chi connectivity index (χ0) is 22.0. The van der Waals surface area contributed by atoms with Crippen molar-refractivity contribution in [1.29, 1.82) is 5.41 Å². The topological polar surface area (TPSA) is 230 Å². The van der Waals surface area contributed by atoms with Gasteiger partial charge in [0.05, 0.1) is 6.54 Å². The number of carboxylic acid groups (broad SMARTS) is 1. The number of carbonyl (C=O) groups excluding carboxylic acids is 3. The molecule has 0 aromatic carbocycles. The molecule has 1 aliphatic rings. The SMILES string of the molecule is N=C(N)NCCC[C@H](NC(=O)[C@@H]1CCCN1C(=O)[C@H](CN)NC(=O)CN)C(=O)O. The van der Waals surface area contributed by atoms with Crippen LogP contribution >= 0.6 is 0 Å². The smallest absolute Gasteiger partial charge is 0.326 e. The zero-order valence-corrected chi connectivity index (χ0v) is 16.1. The first-order valence-electron chi connectivity index (χ1n) is 9.32. The van der Waals surface area contributed by atoms with E-state index in [2.05, 4.69) is 16.0 Å². The number of likely N-dealkylation sites (tertiary alicyclic amines) is 1. The van der Waals surface area contributed by atoms with E-state index in [0.717, 1.165) is 0 Å². The molecule has 3 amide bonds. The van der Waals surface area contributed by atoms with E-state index in [-0.39, 0.29) is 25.5 Å². The molecule has 0 radical (unpaired) electrons. The van der Waals surface area contributed by atoms with Crippen molar-refractivity contribution in [2.75, 3.05) is 26.2 Å². The first-order valence-corrected chi connectivity index (χ1v) is 9.32. The lowest BCUT2D eigenvalue weighted by molar-refractivity contribution is -0.144. The number of rotatable bonds is 11. The maximum absolute atomic E-state index is 12.7. The maximum Gasteiger partial charge on any atom is 0.326 e. The fourth-order valence-electron chi connectivity index (χ4n) is 3.03. The second kappa shape index (κ2) is 11.8. The van der Waals surface area contributed by atoms with Gasteiger partial charge < -0.3 is 43.2 Å².